The van der Waals surface area contributed by atoms with Crippen molar-refractivity contribution in [1.82, 2.24) is 4.90 Å². The van der Waals surface area contributed by atoms with E-state index in [2.05, 4.69) is 6.92 Å². The van der Waals surface area contributed by atoms with E-state index in [-0.39, 0.29) is 29.9 Å². The van der Waals surface area contributed by atoms with Gasteiger partial charge < -0.3 is 9.84 Å². The van der Waals surface area contributed by atoms with Crippen molar-refractivity contribution < 1.29 is 19.4 Å². The molecule has 0 aromatic carbocycles. The monoisotopic (exact) mass is 311 g/mol. The topological polar surface area (TPSA) is 66.8 Å². The molecule has 0 bridgehead atoms. The average molecular weight is 311 g/mol. The molecule has 0 spiro atoms. The molecule has 2 rings (SSSR count). The van der Waals surface area contributed by atoms with Crippen LogP contribution in [0.2, 0.25) is 0 Å². The van der Waals surface area contributed by atoms with E-state index < -0.39 is 17.6 Å². The first-order valence-electron chi connectivity index (χ1n) is 8.17. The lowest BCUT2D eigenvalue weighted by Gasteiger charge is -2.45. The summed E-state index contributed by atoms with van der Waals surface area (Å²) in [5.74, 6) is -0.427. The molecule has 5 atom stereocenters. The molecule has 0 aromatic heterocycles. The number of imide groups is 1. The maximum absolute atomic E-state index is 13.1. The fourth-order valence-electron chi connectivity index (χ4n) is 4.26. The first-order chi connectivity index (χ1) is 9.95. The summed E-state index contributed by atoms with van der Waals surface area (Å²) < 4.78 is 5.13. The largest absolute Gasteiger partial charge is 0.447 e. The SMILES string of the molecule is C[C@H]1C[C@@H](C)[C@H](C(=O)N2C(=O)OC[C@@H]2C(C)(C)C)[C@](C)(O)C1. The second-order valence-electron chi connectivity index (χ2n) is 8.52. The van der Waals surface area contributed by atoms with Gasteiger partial charge in [-0.15, -0.1) is 0 Å². The minimum atomic E-state index is -1.08. The number of hydrogen-bond acceptors (Lipinski definition) is 4. The van der Waals surface area contributed by atoms with Crippen molar-refractivity contribution in [3.63, 3.8) is 0 Å². The summed E-state index contributed by atoms with van der Waals surface area (Å²) in [7, 11) is 0. The Hall–Kier alpha value is -1.10. The third kappa shape index (κ3) is 3.00. The molecule has 0 unspecified atom stereocenters. The van der Waals surface area contributed by atoms with E-state index in [1.54, 1.807) is 6.92 Å². The second-order valence-corrected chi connectivity index (χ2v) is 8.52. The van der Waals surface area contributed by atoms with E-state index in [0.29, 0.717) is 12.3 Å². The Morgan fingerprint density at radius 1 is 1.36 bits per heavy atom. The molecule has 0 aromatic rings. The highest BCUT2D eigenvalue weighted by molar-refractivity contribution is 5.95. The number of rotatable bonds is 1. The first kappa shape index (κ1) is 17.3. The number of carbonyl (C=O) groups excluding carboxylic acids is 2. The molecule has 5 heteroatoms. The summed E-state index contributed by atoms with van der Waals surface area (Å²) in [5, 5.41) is 10.8. The highest BCUT2D eigenvalue weighted by Crippen LogP contribution is 2.43. The summed E-state index contributed by atoms with van der Waals surface area (Å²) >= 11 is 0. The number of aliphatic hydroxyl groups is 1. The maximum atomic E-state index is 13.1. The summed E-state index contributed by atoms with van der Waals surface area (Å²) in [6.45, 7) is 12.0. The van der Waals surface area contributed by atoms with Crippen molar-refractivity contribution in [3.8, 4) is 0 Å². The summed E-state index contributed by atoms with van der Waals surface area (Å²) in [4.78, 5) is 26.4. The number of hydrogen-bond donors (Lipinski definition) is 1. The third-order valence-corrected chi connectivity index (χ3v) is 5.15. The van der Waals surface area contributed by atoms with Crippen LogP contribution >= 0.6 is 0 Å². The number of ether oxygens (including phenoxy) is 1. The van der Waals surface area contributed by atoms with Crippen LogP contribution in [0.4, 0.5) is 4.79 Å². The van der Waals surface area contributed by atoms with E-state index in [0.717, 1.165) is 6.42 Å². The van der Waals surface area contributed by atoms with Crippen LogP contribution in [0.3, 0.4) is 0 Å². The number of amides is 2. The lowest BCUT2D eigenvalue weighted by Crippen LogP contribution is -2.56. The Labute approximate surface area is 133 Å². The molecule has 1 aliphatic heterocycles. The molecule has 1 saturated carbocycles. The molecule has 0 radical (unpaired) electrons. The van der Waals surface area contributed by atoms with Crippen LogP contribution in [0.5, 0.6) is 0 Å². The lowest BCUT2D eigenvalue weighted by molar-refractivity contribution is -0.153. The zero-order chi connectivity index (χ0) is 16.9. The smallest absolute Gasteiger partial charge is 0.417 e. The van der Waals surface area contributed by atoms with Gasteiger partial charge in [0.2, 0.25) is 5.91 Å². The van der Waals surface area contributed by atoms with Gasteiger partial charge in [-0.25, -0.2) is 9.69 Å². The van der Waals surface area contributed by atoms with Gasteiger partial charge in [0.1, 0.15) is 6.61 Å². The highest BCUT2D eigenvalue weighted by atomic mass is 16.6. The van der Waals surface area contributed by atoms with Crippen LogP contribution in [0, 0.1) is 23.2 Å². The Balaban J connectivity index is 2.31. The molecule has 22 heavy (non-hydrogen) atoms. The average Bonchev–Trinajstić information content (AvgIpc) is 2.67. The van der Waals surface area contributed by atoms with Crippen molar-refractivity contribution in [1.29, 1.82) is 0 Å². The van der Waals surface area contributed by atoms with Crippen molar-refractivity contribution in [2.45, 2.75) is 66.0 Å². The fourth-order valence-corrected chi connectivity index (χ4v) is 4.26. The van der Waals surface area contributed by atoms with Gasteiger partial charge in [0, 0.05) is 0 Å². The molecule has 5 nitrogen and oxygen atoms in total. The molecule has 1 saturated heterocycles. The second kappa shape index (κ2) is 5.52. The molecule has 126 valence electrons. The van der Waals surface area contributed by atoms with Crippen LogP contribution < -0.4 is 0 Å². The Morgan fingerprint density at radius 3 is 2.45 bits per heavy atom. The normalized spacial score (nSPS) is 39.8. The Morgan fingerprint density at radius 2 is 1.95 bits per heavy atom. The van der Waals surface area contributed by atoms with Crippen molar-refractivity contribution in [2.75, 3.05) is 6.61 Å². The van der Waals surface area contributed by atoms with Crippen LogP contribution in [0.25, 0.3) is 0 Å². The maximum Gasteiger partial charge on any atom is 0.417 e. The van der Waals surface area contributed by atoms with Crippen LogP contribution in [-0.4, -0.2) is 40.3 Å². The molecule has 2 aliphatic rings. The minimum absolute atomic E-state index is 0.0419. The highest BCUT2D eigenvalue weighted by Gasteiger charge is 2.52. The number of cyclic esters (lactones) is 1. The van der Waals surface area contributed by atoms with E-state index in [9.17, 15) is 14.7 Å². The summed E-state index contributed by atoms with van der Waals surface area (Å²) in [6, 6.07) is -0.283. The molecule has 2 amide bonds. The van der Waals surface area contributed by atoms with Gasteiger partial charge >= 0.3 is 6.09 Å². The molecular formula is C17H29NO4. The fraction of sp³-hybridized carbons (Fsp3) is 0.882. The van der Waals surface area contributed by atoms with E-state index in [4.69, 9.17) is 4.74 Å². The van der Waals surface area contributed by atoms with Gasteiger partial charge in [-0.2, -0.15) is 0 Å². The quantitative estimate of drug-likeness (QED) is 0.808. The van der Waals surface area contributed by atoms with Crippen LogP contribution in [0.1, 0.15) is 54.4 Å². The van der Waals surface area contributed by atoms with Gasteiger partial charge in [0.05, 0.1) is 17.6 Å². The predicted octanol–water partition coefficient (Wildman–Crippen LogP) is 2.81. The van der Waals surface area contributed by atoms with Gasteiger partial charge in [-0.05, 0) is 37.0 Å². The van der Waals surface area contributed by atoms with E-state index in [1.165, 1.54) is 4.90 Å². The van der Waals surface area contributed by atoms with Crippen molar-refractivity contribution in [3.05, 3.63) is 0 Å². The van der Waals surface area contributed by atoms with Gasteiger partial charge in [-0.3, -0.25) is 4.79 Å². The van der Waals surface area contributed by atoms with Crippen molar-refractivity contribution in [2.24, 2.45) is 23.2 Å². The molecule has 1 aliphatic carbocycles. The minimum Gasteiger partial charge on any atom is -0.447 e. The molecule has 1 N–H and O–H groups in total. The molecule has 2 fully saturated rings. The van der Waals surface area contributed by atoms with Crippen molar-refractivity contribution >= 4 is 12.0 Å². The summed E-state index contributed by atoms with van der Waals surface area (Å²) in [6.07, 6.45) is 0.887. The standard InChI is InChI=1S/C17H29NO4/c1-10-7-11(2)13(17(6,21)8-10)14(19)18-12(16(3,4)5)9-22-15(18)20/h10-13,21H,7-9H2,1-6H3/t10-,11+,12+,13+,17+/m0/s1. The van der Waals surface area contributed by atoms with E-state index in [1.807, 2.05) is 27.7 Å². The van der Waals surface area contributed by atoms with Gasteiger partial charge in [0.15, 0.2) is 0 Å². The lowest BCUT2D eigenvalue weighted by atomic mass is 9.66. The summed E-state index contributed by atoms with van der Waals surface area (Å²) in [5.41, 5.74) is -1.33. The molecule has 1 heterocycles. The van der Waals surface area contributed by atoms with Crippen LogP contribution in [0.15, 0.2) is 0 Å². The van der Waals surface area contributed by atoms with E-state index >= 15 is 0 Å². The zero-order valence-corrected chi connectivity index (χ0v) is 14.5. The van der Waals surface area contributed by atoms with Gasteiger partial charge in [0.25, 0.3) is 0 Å². The zero-order valence-electron chi connectivity index (χ0n) is 14.5. The molecular weight excluding hydrogens is 282 g/mol. The van der Waals surface area contributed by atoms with Gasteiger partial charge in [-0.1, -0.05) is 34.6 Å². The van der Waals surface area contributed by atoms with Crippen LogP contribution in [-0.2, 0) is 9.53 Å². The number of nitrogens with zero attached hydrogens (tertiary/aromatic N) is 1. The Bertz CT molecular complexity index is 466. The first-order valence-corrected chi connectivity index (χ1v) is 8.17. The third-order valence-electron chi connectivity index (χ3n) is 5.15. The predicted molar refractivity (Wildman–Crippen MR) is 83.1 cm³/mol. The Kier molecular flexibility index (Phi) is 4.33. The number of carbonyl (C=O) groups is 2.